The number of carbonyl (C=O) groups excluding carboxylic acids is 2. The SMILES string of the molecule is CCOC(=O)Cc1csc(NC(=O)CSc2ncnc3ccsc23)n1. The first kappa shape index (κ1) is 17.8. The first-order valence-corrected chi connectivity index (χ1v) is 10.1. The van der Waals surface area contributed by atoms with Crippen molar-refractivity contribution in [2.24, 2.45) is 0 Å². The number of nitrogens with one attached hydrogen (secondary N) is 1. The molecule has 3 aromatic rings. The molecule has 0 radical (unpaired) electrons. The first-order chi connectivity index (χ1) is 12.2. The van der Waals surface area contributed by atoms with Crippen LogP contribution in [0.3, 0.4) is 0 Å². The number of rotatable bonds is 7. The highest BCUT2D eigenvalue weighted by atomic mass is 32.2. The fraction of sp³-hybridized carbons (Fsp3) is 0.267. The number of esters is 1. The lowest BCUT2D eigenvalue weighted by molar-refractivity contribution is -0.142. The normalized spacial score (nSPS) is 10.8. The molecule has 0 spiro atoms. The van der Waals surface area contributed by atoms with Gasteiger partial charge in [0.25, 0.3) is 0 Å². The van der Waals surface area contributed by atoms with Gasteiger partial charge in [0, 0.05) is 5.38 Å². The van der Waals surface area contributed by atoms with E-state index in [4.69, 9.17) is 4.74 Å². The number of hydrogen-bond acceptors (Lipinski definition) is 9. The van der Waals surface area contributed by atoms with Crippen LogP contribution in [-0.4, -0.2) is 39.2 Å². The highest BCUT2D eigenvalue weighted by molar-refractivity contribution is 8.00. The molecule has 0 aliphatic heterocycles. The van der Waals surface area contributed by atoms with E-state index in [0.717, 1.165) is 15.2 Å². The van der Waals surface area contributed by atoms with Gasteiger partial charge in [-0.2, -0.15) is 0 Å². The monoisotopic (exact) mass is 394 g/mol. The van der Waals surface area contributed by atoms with Crippen molar-refractivity contribution in [3.05, 3.63) is 28.8 Å². The van der Waals surface area contributed by atoms with Crippen LogP contribution < -0.4 is 5.32 Å². The van der Waals surface area contributed by atoms with Crippen LogP contribution >= 0.6 is 34.4 Å². The molecule has 3 heterocycles. The molecular formula is C15H14N4O3S3. The number of thioether (sulfide) groups is 1. The van der Waals surface area contributed by atoms with E-state index in [9.17, 15) is 9.59 Å². The van der Waals surface area contributed by atoms with Gasteiger partial charge in [-0.25, -0.2) is 15.0 Å². The summed E-state index contributed by atoms with van der Waals surface area (Å²) in [4.78, 5) is 36.2. The first-order valence-electron chi connectivity index (χ1n) is 7.36. The molecule has 0 saturated heterocycles. The van der Waals surface area contributed by atoms with Gasteiger partial charge in [-0.15, -0.1) is 22.7 Å². The second-order valence-corrected chi connectivity index (χ2v) is 7.51. The Morgan fingerprint density at radius 2 is 2.20 bits per heavy atom. The summed E-state index contributed by atoms with van der Waals surface area (Å²) in [5.74, 6) is -0.285. The van der Waals surface area contributed by atoms with Gasteiger partial charge < -0.3 is 10.1 Å². The Hall–Kier alpha value is -2.04. The number of aromatic nitrogens is 3. The summed E-state index contributed by atoms with van der Waals surface area (Å²) in [5.41, 5.74) is 1.47. The van der Waals surface area contributed by atoms with Gasteiger partial charge in [-0.05, 0) is 18.4 Å². The van der Waals surface area contributed by atoms with E-state index < -0.39 is 0 Å². The quantitative estimate of drug-likeness (QED) is 0.374. The average Bonchev–Trinajstić information content (AvgIpc) is 3.22. The molecule has 130 valence electrons. The molecule has 3 rings (SSSR count). The van der Waals surface area contributed by atoms with Crippen LogP contribution in [0.1, 0.15) is 12.6 Å². The highest BCUT2D eigenvalue weighted by Crippen LogP contribution is 2.28. The van der Waals surface area contributed by atoms with Crippen LogP contribution in [0, 0.1) is 0 Å². The minimum atomic E-state index is -0.329. The molecule has 25 heavy (non-hydrogen) atoms. The van der Waals surface area contributed by atoms with E-state index in [2.05, 4.69) is 20.3 Å². The molecule has 0 aliphatic rings. The van der Waals surface area contributed by atoms with Crippen LogP contribution in [0.25, 0.3) is 10.2 Å². The molecule has 10 heteroatoms. The molecular weight excluding hydrogens is 380 g/mol. The number of thiazole rings is 1. The number of fused-ring (bicyclic) bond motifs is 1. The number of nitrogens with zero attached hydrogens (tertiary/aromatic N) is 3. The van der Waals surface area contributed by atoms with Crippen molar-refractivity contribution in [3.8, 4) is 0 Å². The van der Waals surface area contributed by atoms with Gasteiger partial charge in [0.2, 0.25) is 5.91 Å². The minimum Gasteiger partial charge on any atom is -0.466 e. The summed E-state index contributed by atoms with van der Waals surface area (Å²) >= 11 is 4.19. The van der Waals surface area contributed by atoms with Crippen molar-refractivity contribution in [1.29, 1.82) is 0 Å². The summed E-state index contributed by atoms with van der Waals surface area (Å²) in [6.07, 6.45) is 1.60. The second-order valence-electron chi connectivity index (χ2n) is 4.78. The topological polar surface area (TPSA) is 94.1 Å². The van der Waals surface area contributed by atoms with E-state index in [-0.39, 0.29) is 24.1 Å². The average molecular weight is 395 g/mol. The van der Waals surface area contributed by atoms with Gasteiger partial charge in [0.15, 0.2) is 5.13 Å². The van der Waals surface area contributed by atoms with E-state index in [1.165, 1.54) is 29.4 Å². The highest BCUT2D eigenvalue weighted by Gasteiger charge is 2.12. The molecule has 0 saturated carbocycles. The lowest BCUT2D eigenvalue weighted by Crippen LogP contribution is -2.14. The van der Waals surface area contributed by atoms with Crippen LogP contribution in [0.5, 0.6) is 0 Å². The Labute approximate surface area is 155 Å². The molecule has 1 N–H and O–H groups in total. The van der Waals surface area contributed by atoms with E-state index in [0.29, 0.717) is 17.4 Å². The van der Waals surface area contributed by atoms with E-state index in [1.807, 2.05) is 11.4 Å². The Morgan fingerprint density at radius 3 is 3.04 bits per heavy atom. The summed E-state index contributed by atoms with van der Waals surface area (Å²) in [5, 5.41) is 7.67. The lowest BCUT2D eigenvalue weighted by Gasteiger charge is -2.02. The zero-order valence-corrected chi connectivity index (χ0v) is 15.7. The number of thiophene rings is 1. The molecule has 0 aliphatic carbocycles. The van der Waals surface area contributed by atoms with Gasteiger partial charge in [0.1, 0.15) is 11.4 Å². The summed E-state index contributed by atoms with van der Waals surface area (Å²) in [6.45, 7) is 2.09. The third-order valence-electron chi connectivity index (χ3n) is 2.98. The Balaban J connectivity index is 1.53. The second kappa shape index (κ2) is 8.37. The standard InChI is InChI=1S/C15H14N4O3S3/c1-2-22-12(21)5-9-6-25-15(18-9)19-11(20)7-24-14-13-10(3-4-23-13)16-8-17-14/h3-4,6,8H,2,5,7H2,1H3,(H,18,19,20). The van der Waals surface area contributed by atoms with E-state index >= 15 is 0 Å². The Bertz CT molecular complexity index is 893. The molecule has 0 bridgehead atoms. The van der Waals surface area contributed by atoms with Crippen molar-refractivity contribution >= 4 is 61.7 Å². The van der Waals surface area contributed by atoms with Crippen molar-refractivity contribution in [1.82, 2.24) is 15.0 Å². The van der Waals surface area contributed by atoms with E-state index in [1.54, 1.807) is 23.6 Å². The number of ether oxygens (including phenoxy) is 1. The van der Waals surface area contributed by atoms with Crippen LogP contribution in [0.4, 0.5) is 5.13 Å². The largest absolute Gasteiger partial charge is 0.466 e. The molecule has 1 amide bonds. The molecule has 0 aromatic carbocycles. The van der Waals surface area contributed by atoms with Crippen LogP contribution in [0.2, 0.25) is 0 Å². The Morgan fingerprint density at radius 1 is 1.32 bits per heavy atom. The van der Waals surface area contributed by atoms with Gasteiger partial charge in [-0.1, -0.05) is 11.8 Å². The molecule has 3 aromatic heterocycles. The minimum absolute atomic E-state index is 0.103. The van der Waals surface area contributed by atoms with Crippen molar-refractivity contribution in [3.63, 3.8) is 0 Å². The fourth-order valence-electron chi connectivity index (χ4n) is 1.96. The number of hydrogen-bond donors (Lipinski definition) is 1. The summed E-state index contributed by atoms with van der Waals surface area (Å²) in [6, 6.07) is 1.92. The number of anilines is 1. The lowest BCUT2D eigenvalue weighted by atomic mass is 10.3. The van der Waals surface area contributed by atoms with Crippen molar-refractivity contribution < 1.29 is 14.3 Å². The molecule has 0 atom stereocenters. The maximum absolute atomic E-state index is 12.1. The predicted octanol–water partition coefficient (Wildman–Crippen LogP) is 2.98. The Kier molecular flexibility index (Phi) is 5.95. The van der Waals surface area contributed by atoms with Gasteiger partial charge in [0.05, 0.1) is 34.7 Å². The maximum atomic E-state index is 12.1. The van der Waals surface area contributed by atoms with Crippen LogP contribution in [-0.2, 0) is 20.7 Å². The van der Waals surface area contributed by atoms with Crippen molar-refractivity contribution in [2.45, 2.75) is 18.4 Å². The third kappa shape index (κ3) is 4.74. The smallest absolute Gasteiger partial charge is 0.311 e. The van der Waals surface area contributed by atoms with Gasteiger partial charge >= 0.3 is 5.97 Å². The molecule has 7 nitrogen and oxygen atoms in total. The summed E-state index contributed by atoms with van der Waals surface area (Å²) in [7, 11) is 0. The fourth-order valence-corrected chi connectivity index (χ4v) is 4.44. The molecule has 0 unspecified atom stereocenters. The summed E-state index contributed by atoms with van der Waals surface area (Å²) < 4.78 is 5.85. The number of amides is 1. The van der Waals surface area contributed by atoms with Crippen molar-refractivity contribution in [2.75, 3.05) is 17.7 Å². The maximum Gasteiger partial charge on any atom is 0.311 e. The van der Waals surface area contributed by atoms with Crippen LogP contribution in [0.15, 0.2) is 28.2 Å². The predicted molar refractivity (Wildman–Crippen MR) is 99.2 cm³/mol. The zero-order valence-electron chi connectivity index (χ0n) is 13.2. The third-order valence-corrected chi connectivity index (χ3v) is 5.81. The van der Waals surface area contributed by atoms with Gasteiger partial charge in [-0.3, -0.25) is 9.59 Å². The zero-order chi connectivity index (χ0) is 17.6. The molecule has 0 fully saturated rings. The number of carbonyl (C=O) groups is 2.